The minimum atomic E-state index is -4.67. The van der Waals surface area contributed by atoms with Crippen LogP contribution in [0.2, 0.25) is 0 Å². The minimum Gasteiger partial charge on any atom is -0.481 e. The van der Waals surface area contributed by atoms with Crippen molar-refractivity contribution >= 4 is 11.9 Å². The first-order valence-corrected chi connectivity index (χ1v) is 4.36. The Morgan fingerprint density at radius 1 is 1.18 bits per heavy atom. The van der Waals surface area contributed by atoms with Gasteiger partial charge in [0.1, 0.15) is 0 Å². The topological polar surface area (TPSA) is 66.4 Å². The number of rotatable bonds is 1. The van der Waals surface area contributed by atoms with Gasteiger partial charge in [-0.1, -0.05) is 18.2 Å². The van der Waals surface area contributed by atoms with E-state index in [4.69, 9.17) is 9.90 Å². The third-order valence-electron chi connectivity index (χ3n) is 1.29. The normalized spacial score (nSPS) is 9.88. The second-order valence-corrected chi connectivity index (χ2v) is 2.84. The molecule has 0 saturated heterocycles. The summed E-state index contributed by atoms with van der Waals surface area (Å²) >= 11 is 0. The van der Waals surface area contributed by atoms with Crippen molar-refractivity contribution in [3.63, 3.8) is 0 Å². The SMILES string of the molecule is CC(=O)O.O=C(NC(F)(F)F)c1ccccc1. The monoisotopic (exact) mass is 249 g/mol. The van der Waals surface area contributed by atoms with E-state index in [0.717, 1.165) is 12.2 Å². The summed E-state index contributed by atoms with van der Waals surface area (Å²) in [6.07, 6.45) is -4.67. The van der Waals surface area contributed by atoms with Gasteiger partial charge in [0.15, 0.2) is 0 Å². The predicted octanol–water partition coefficient (Wildman–Crippen LogP) is 2.03. The maximum Gasteiger partial charge on any atom is 0.484 e. The molecule has 1 amide bonds. The van der Waals surface area contributed by atoms with E-state index in [1.54, 1.807) is 6.07 Å². The Kier molecular flexibility index (Phi) is 5.73. The molecule has 17 heavy (non-hydrogen) atoms. The zero-order valence-corrected chi connectivity index (χ0v) is 8.78. The third kappa shape index (κ3) is 8.91. The molecule has 0 aromatic heterocycles. The van der Waals surface area contributed by atoms with Gasteiger partial charge in [0.2, 0.25) is 0 Å². The molecule has 0 atom stereocenters. The van der Waals surface area contributed by atoms with Crippen molar-refractivity contribution in [2.75, 3.05) is 0 Å². The van der Waals surface area contributed by atoms with Crippen LogP contribution in [-0.2, 0) is 4.79 Å². The Labute approximate surface area is 95.1 Å². The van der Waals surface area contributed by atoms with Crippen molar-refractivity contribution in [1.29, 1.82) is 0 Å². The van der Waals surface area contributed by atoms with Gasteiger partial charge < -0.3 is 5.11 Å². The number of carboxylic acids is 1. The Morgan fingerprint density at radius 3 is 1.94 bits per heavy atom. The summed E-state index contributed by atoms with van der Waals surface area (Å²) in [7, 11) is 0. The summed E-state index contributed by atoms with van der Waals surface area (Å²) in [6.45, 7) is 1.08. The van der Waals surface area contributed by atoms with Gasteiger partial charge in [0.05, 0.1) is 0 Å². The van der Waals surface area contributed by atoms with Crippen molar-refractivity contribution in [3.05, 3.63) is 35.9 Å². The van der Waals surface area contributed by atoms with Crippen LogP contribution >= 0.6 is 0 Å². The molecular formula is C10H10F3NO3. The summed E-state index contributed by atoms with van der Waals surface area (Å²) in [5.41, 5.74) is -0.0141. The first-order chi connectivity index (χ1) is 7.72. The number of carbonyl (C=O) groups is 2. The fourth-order valence-electron chi connectivity index (χ4n) is 0.790. The van der Waals surface area contributed by atoms with E-state index in [2.05, 4.69) is 0 Å². The standard InChI is InChI=1S/C8H6F3NO.C2H4O2/c9-8(10,11)12-7(13)6-4-2-1-3-5-6;1-2(3)4/h1-5H,(H,12,13);1H3,(H,3,4). The van der Waals surface area contributed by atoms with Gasteiger partial charge in [-0.2, -0.15) is 13.2 Å². The highest BCUT2D eigenvalue weighted by atomic mass is 19.4. The van der Waals surface area contributed by atoms with Crippen LogP contribution in [0.4, 0.5) is 13.2 Å². The van der Waals surface area contributed by atoms with Crippen LogP contribution in [0.5, 0.6) is 0 Å². The van der Waals surface area contributed by atoms with Gasteiger partial charge in [-0.3, -0.25) is 14.9 Å². The zero-order valence-electron chi connectivity index (χ0n) is 8.78. The van der Waals surface area contributed by atoms with Crippen molar-refractivity contribution < 1.29 is 27.9 Å². The number of carbonyl (C=O) groups excluding carboxylic acids is 1. The van der Waals surface area contributed by atoms with Crippen molar-refractivity contribution in [3.8, 4) is 0 Å². The maximum atomic E-state index is 11.7. The Balaban J connectivity index is 0.000000557. The number of hydrogen-bond donors (Lipinski definition) is 2. The van der Waals surface area contributed by atoms with Crippen LogP contribution in [0.25, 0.3) is 0 Å². The smallest absolute Gasteiger partial charge is 0.481 e. The molecular weight excluding hydrogens is 239 g/mol. The van der Waals surface area contributed by atoms with Crippen molar-refractivity contribution in [2.45, 2.75) is 13.2 Å². The number of nitrogens with one attached hydrogen (secondary N) is 1. The lowest BCUT2D eigenvalue weighted by molar-refractivity contribution is -0.146. The summed E-state index contributed by atoms with van der Waals surface area (Å²) in [4.78, 5) is 19.8. The fraction of sp³-hybridized carbons (Fsp3) is 0.200. The third-order valence-corrected chi connectivity index (χ3v) is 1.29. The molecule has 94 valence electrons. The number of benzene rings is 1. The molecule has 2 N–H and O–H groups in total. The molecule has 0 radical (unpaired) electrons. The van der Waals surface area contributed by atoms with Crippen LogP contribution in [0.15, 0.2) is 30.3 Å². The molecule has 0 aliphatic heterocycles. The summed E-state index contributed by atoms with van der Waals surface area (Å²) in [6, 6.07) is 7.21. The number of amides is 1. The van der Waals surface area contributed by atoms with Crippen LogP contribution in [0.3, 0.4) is 0 Å². The lowest BCUT2D eigenvalue weighted by Gasteiger charge is -2.07. The maximum absolute atomic E-state index is 11.7. The molecule has 0 aliphatic carbocycles. The Bertz CT molecular complexity index is 372. The molecule has 1 aromatic carbocycles. The molecule has 0 fully saturated rings. The molecule has 1 rings (SSSR count). The first-order valence-electron chi connectivity index (χ1n) is 4.36. The van der Waals surface area contributed by atoms with E-state index < -0.39 is 18.2 Å². The van der Waals surface area contributed by atoms with Crippen LogP contribution in [0, 0.1) is 0 Å². The lowest BCUT2D eigenvalue weighted by atomic mass is 10.2. The fourth-order valence-corrected chi connectivity index (χ4v) is 0.790. The first kappa shape index (κ1) is 14.9. The highest BCUT2D eigenvalue weighted by Gasteiger charge is 2.30. The summed E-state index contributed by atoms with van der Waals surface area (Å²) in [5, 5.41) is 8.31. The quantitative estimate of drug-likeness (QED) is 0.748. The van der Waals surface area contributed by atoms with Gasteiger partial charge in [-0.05, 0) is 12.1 Å². The Hall–Kier alpha value is -2.05. The van der Waals surface area contributed by atoms with E-state index in [1.807, 2.05) is 0 Å². The van der Waals surface area contributed by atoms with E-state index in [9.17, 15) is 18.0 Å². The van der Waals surface area contributed by atoms with Crippen molar-refractivity contribution in [1.82, 2.24) is 5.32 Å². The molecule has 0 aliphatic rings. The van der Waals surface area contributed by atoms with Crippen molar-refractivity contribution in [2.24, 2.45) is 0 Å². The van der Waals surface area contributed by atoms with Crippen LogP contribution < -0.4 is 5.32 Å². The number of hydrogen-bond acceptors (Lipinski definition) is 2. The van der Waals surface area contributed by atoms with Gasteiger partial charge in [-0.15, -0.1) is 0 Å². The Morgan fingerprint density at radius 2 is 1.59 bits per heavy atom. The minimum absolute atomic E-state index is 0.0141. The molecule has 1 aromatic rings. The van der Waals surface area contributed by atoms with E-state index in [-0.39, 0.29) is 5.56 Å². The molecule has 0 spiro atoms. The lowest BCUT2D eigenvalue weighted by Crippen LogP contribution is -2.37. The molecule has 0 heterocycles. The van der Waals surface area contributed by atoms with Gasteiger partial charge in [0, 0.05) is 12.5 Å². The largest absolute Gasteiger partial charge is 0.484 e. The van der Waals surface area contributed by atoms with Gasteiger partial charge in [-0.25, -0.2) is 0 Å². The zero-order chi connectivity index (χ0) is 13.5. The van der Waals surface area contributed by atoms with Crippen LogP contribution in [-0.4, -0.2) is 23.3 Å². The van der Waals surface area contributed by atoms with Gasteiger partial charge >= 0.3 is 6.30 Å². The molecule has 4 nitrogen and oxygen atoms in total. The highest BCUT2D eigenvalue weighted by Crippen LogP contribution is 2.11. The van der Waals surface area contributed by atoms with E-state index in [0.29, 0.717) is 0 Å². The molecule has 0 unspecified atom stereocenters. The summed E-state index contributed by atoms with van der Waals surface area (Å²) < 4.78 is 35.0. The van der Waals surface area contributed by atoms with E-state index in [1.165, 1.54) is 24.3 Å². The number of carboxylic acid groups (broad SMARTS) is 1. The van der Waals surface area contributed by atoms with E-state index >= 15 is 0 Å². The number of aliphatic carboxylic acids is 1. The predicted molar refractivity (Wildman–Crippen MR) is 53.3 cm³/mol. The molecule has 0 saturated carbocycles. The molecule has 7 heteroatoms. The summed E-state index contributed by atoms with van der Waals surface area (Å²) in [5.74, 6) is -1.98. The van der Waals surface area contributed by atoms with Crippen LogP contribution in [0.1, 0.15) is 17.3 Å². The number of alkyl halides is 3. The number of halogens is 3. The second kappa shape index (κ2) is 6.51. The van der Waals surface area contributed by atoms with Gasteiger partial charge in [0.25, 0.3) is 11.9 Å². The highest BCUT2D eigenvalue weighted by molar-refractivity contribution is 5.94. The second-order valence-electron chi connectivity index (χ2n) is 2.84. The molecule has 0 bridgehead atoms. The average molecular weight is 249 g/mol. The average Bonchev–Trinajstić information content (AvgIpc) is 2.15.